The first-order chi connectivity index (χ1) is 21.5. The fourth-order valence-corrected chi connectivity index (χ4v) is 22.4. The molecule has 6 rings (SSSR count). The second-order valence-corrected chi connectivity index (χ2v) is 29.7. The molecule has 0 unspecified atom stereocenters. The van der Waals surface area contributed by atoms with Gasteiger partial charge in [0.1, 0.15) is 0 Å². The molecule has 6 aromatic rings. The van der Waals surface area contributed by atoms with E-state index in [0.717, 1.165) is 25.2 Å². The summed E-state index contributed by atoms with van der Waals surface area (Å²) in [6.45, 7) is 0. The van der Waals surface area contributed by atoms with Gasteiger partial charge in [0.2, 0.25) is 0 Å². The summed E-state index contributed by atoms with van der Waals surface area (Å²) in [6, 6.07) is 67.0. The van der Waals surface area contributed by atoms with Crippen molar-refractivity contribution in [3.05, 3.63) is 182 Å². The zero-order chi connectivity index (χ0) is 30.4. The van der Waals surface area contributed by atoms with Crippen LogP contribution in [0.1, 0.15) is 12.8 Å². The van der Waals surface area contributed by atoms with Crippen LogP contribution < -0.4 is 31.8 Å². The third kappa shape index (κ3) is 5.25. The van der Waals surface area contributed by atoms with Gasteiger partial charge in [-0.2, -0.15) is 0 Å². The molecule has 0 fully saturated rings. The van der Waals surface area contributed by atoms with Gasteiger partial charge >= 0.3 is 281 Å². The fraction of sp³-hybridized carbons (Fsp3) is 0.100. The van der Waals surface area contributed by atoms with Gasteiger partial charge in [0, 0.05) is 0 Å². The van der Waals surface area contributed by atoms with Crippen molar-refractivity contribution in [2.45, 2.75) is 12.8 Å². The standard InChI is InChI=1S/C40H38Br2P2/c41-43(35-21-7-1-8-22-35,36-23-9-2-10-24-36,37-25-11-3-12-26-37)33-19-20-34-44(42,38-27-13-4-14-28-38,39-29-15-5-16-30-39)40-31-17-6-18-32-40/h1-18,21-32H,19-20,33-34H2. The molecule has 0 radical (unpaired) electrons. The molecule has 0 spiro atoms. The van der Waals surface area contributed by atoms with Crippen LogP contribution in [0.5, 0.6) is 0 Å². The van der Waals surface area contributed by atoms with E-state index in [1.807, 2.05) is 0 Å². The molecule has 0 bridgehead atoms. The second-order valence-electron chi connectivity index (χ2n) is 11.5. The van der Waals surface area contributed by atoms with Gasteiger partial charge in [0.15, 0.2) is 0 Å². The van der Waals surface area contributed by atoms with Gasteiger partial charge in [-0.3, -0.25) is 0 Å². The zero-order valence-corrected chi connectivity index (χ0v) is 29.8. The predicted octanol–water partition coefficient (Wildman–Crippen LogP) is 9.45. The van der Waals surface area contributed by atoms with Crippen molar-refractivity contribution in [2.24, 2.45) is 0 Å². The van der Waals surface area contributed by atoms with Gasteiger partial charge in [-0.25, -0.2) is 0 Å². The Morgan fingerprint density at radius 3 is 0.591 bits per heavy atom. The van der Waals surface area contributed by atoms with Crippen LogP contribution in [-0.2, 0) is 0 Å². The Bertz CT molecular complexity index is 1440. The first-order valence-electron chi connectivity index (χ1n) is 15.3. The SMILES string of the molecule is BrP(CCCCP(Br)(c1ccccc1)(c1ccccc1)c1ccccc1)(c1ccccc1)(c1ccccc1)c1ccccc1. The fourth-order valence-electron chi connectivity index (χ4n) is 6.92. The van der Waals surface area contributed by atoms with E-state index in [0.29, 0.717) is 0 Å². The molecule has 0 saturated carbocycles. The summed E-state index contributed by atoms with van der Waals surface area (Å²) in [5, 5.41) is 2.27. The van der Waals surface area contributed by atoms with E-state index in [1.165, 1.54) is 31.8 Å². The summed E-state index contributed by atoms with van der Waals surface area (Å²) in [6.07, 6.45) is 4.19. The van der Waals surface area contributed by atoms with Crippen LogP contribution in [0, 0.1) is 0 Å². The molecular formula is C40H38Br2P2. The number of unbranched alkanes of at least 4 members (excludes halogenated alkanes) is 1. The Morgan fingerprint density at radius 1 is 0.273 bits per heavy atom. The molecule has 0 heterocycles. The third-order valence-electron chi connectivity index (χ3n) is 9.17. The Kier molecular flexibility index (Phi) is 9.10. The predicted molar refractivity (Wildman–Crippen MR) is 207 cm³/mol. The van der Waals surface area contributed by atoms with Crippen LogP contribution >= 0.6 is 41.6 Å². The summed E-state index contributed by atoms with van der Waals surface area (Å²) in [5.41, 5.74) is 0. The Labute approximate surface area is 278 Å². The summed E-state index contributed by atoms with van der Waals surface area (Å²) in [5.74, 6) is 0. The van der Waals surface area contributed by atoms with Gasteiger partial charge < -0.3 is 0 Å². The van der Waals surface area contributed by atoms with E-state index >= 15 is 0 Å². The molecule has 44 heavy (non-hydrogen) atoms. The number of hydrogen-bond acceptors (Lipinski definition) is 0. The Morgan fingerprint density at radius 2 is 0.432 bits per heavy atom. The van der Waals surface area contributed by atoms with Gasteiger partial charge in [0.05, 0.1) is 0 Å². The number of hydrogen-bond donors (Lipinski definition) is 0. The van der Waals surface area contributed by atoms with E-state index < -0.39 is 10.6 Å². The molecule has 0 atom stereocenters. The van der Waals surface area contributed by atoms with Crippen LogP contribution in [0.3, 0.4) is 0 Å². The average molecular weight is 741 g/mol. The molecule has 0 N–H and O–H groups in total. The molecule has 4 heteroatoms. The topological polar surface area (TPSA) is 0 Å². The van der Waals surface area contributed by atoms with Crippen molar-refractivity contribution >= 4 is 73.4 Å². The first-order valence-corrected chi connectivity index (χ1v) is 24.2. The molecule has 0 nitrogen and oxygen atoms in total. The van der Waals surface area contributed by atoms with E-state index in [4.69, 9.17) is 0 Å². The summed E-state index contributed by atoms with van der Waals surface area (Å²) >= 11 is 9.35. The summed E-state index contributed by atoms with van der Waals surface area (Å²) < 4.78 is 0. The number of benzene rings is 6. The molecule has 0 saturated heterocycles. The molecule has 0 aromatic heterocycles. The van der Waals surface area contributed by atoms with Gasteiger partial charge in [-0.1, -0.05) is 0 Å². The average Bonchev–Trinajstić information content (AvgIpc) is 3.12. The van der Waals surface area contributed by atoms with Crippen molar-refractivity contribution < 1.29 is 0 Å². The van der Waals surface area contributed by atoms with E-state index in [9.17, 15) is 0 Å². The van der Waals surface area contributed by atoms with E-state index in [-0.39, 0.29) is 0 Å². The van der Waals surface area contributed by atoms with Gasteiger partial charge in [0.25, 0.3) is 0 Å². The van der Waals surface area contributed by atoms with Gasteiger partial charge in [-0.15, -0.1) is 0 Å². The molecule has 222 valence electrons. The van der Waals surface area contributed by atoms with Crippen molar-refractivity contribution in [2.75, 3.05) is 12.3 Å². The maximum absolute atomic E-state index is 4.68. The Balaban J connectivity index is 1.47. The third-order valence-corrected chi connectivity index (χ3v) is 29.2. The molecule has 0 aliphatic carbocycles. The van der Waals surface area contributed by atoms with Crippen molar-refractivity contribution in [3.8, 4) is 0 Å². The van der Waals surface area contributed by atoms with E-state index in [1.54, 1.807) is 0 Å². The quantitative estimate of drug-likeness (QED) is 0.0918. The monoisotopic (exact) mass is 738 g/mol. The van der Waals surface area contributed by atoms with Crippen molar-refractivity contribution in [1.29, 1.82) is 0 Å². The minimum atomic E-state index is -2.99. The van der Waals surface area contributed by atoms with Crippen molar-refractivity contribution in [3.63, 3.8) is 0 Å². The molecular weight excluding hydrogens is 702 g/mol. The van der Waals surface area contributed by atoms with Crippen LogP contribution in [-0.4, -0.2) is 12.3 Å². The molecule has 6 aromatic carbocycles. The van der Waals surface area contributed by atoms with Crippen LogP contribution in [0.15, 0.2) is 182 Å². The van der Waals surface area contributed by atoms with Crippen LogP contribution in [0.25, 0.3) is 0 Å². The maximum atomic E-state index is 4.68. The molecule has 0 aliphatic heterocycles. The first kappa shape index (κ1) is 31.1. The Hall–Kier alpha value is -2.86. The number of rotatable bonds is 11. The van der Waals surface area contributed by atoms with Gasteiger partial charge in [-0.05, 0) is 0 Å². The number of halogens is 2. The summed E-state index contributed by atoms with van der Waals surface area (Å²) in [7, 11) is 0. The molecule has 0 amide bonds. The molecule has 0 aliphatic rings. The van der Waals surface area contributed by atoms with Crippen molar-refractivity contribution in [1.82, 2.24) is 0 Å². The summed E-state index contributed by atoms with van der Waals surface area (Å²) in [4.78, 5) is 0. The second kappa shape index (κ2) is 12.9. The van der Waals surface area contributed by atoms with Crippen LogP contribution in [0.4, 0.5) is 0 Å². The van der Waals surface area contributed by atoms with Crippen LogP contribution in [0.2, 0.25) is 0 Å². The zero-order valence-electron chi connectivity index (χ0n) is 24.8. The normalized spacial score (nSPS) is 13.7. The minimum absolute atomic E-state index is 1.03. The van der Waals surface area contributed by atoms with E-state index in [2.05, 4.69) is 213 Å².